The van der Waals surface area contributed by atoms with Crippen LogP contribution in [0, 0.1) is 17.8 Å². The molecule has 0 saturated carbocycles. The van der Waals surface area contributed by atoms with Crippen LogP contribution >= 0.6 is 0 Å². The van der Waals surface area contributed by atoms with Gasteiger partial charge in [0.15, 0.2) is 0 Å². The molecule has 3 heteroatoms. The number of rotatable bonds is 6. The second-order valence-corrected chi connectivity index (χ2v) is 6.53. The summed E-state index contributed by atoms with van der Waals surface area (Å²) in [5.74, 6) is 1.13. The van der Waals surface area contributed by atoms with E-state index in [-0.39, 0.29) is 17.9 Å². The van der Waals surface area contributed by atoms with Crippen LogP contribution in [-0.2, 0) is 11.2 Å². The predicted molar refractivity (Wildman–Crippen MR) is 87.1 cm³/mol. The van der Waals surface area contributed by atoms with Crippen LogP contribution in [0.4, 0.5) is 0 Å². The molecule has 1 aromatic carbocycles. The van der Waals surface area contributed by atoms with Crippen LogP contribution in [0.1, 0.15) is 44.9 Å². The first kappa shape index (κ1) is 16.0. The van der Waals surface area contributed by atoms with Gasteiger partial charge < -0.3 is 10.6 Å². The van der Waals surface area contributed by atoms with E-state index in [1.54, 1.807) is 0 Å². The number of carbonyl (C=O) groups is 1. The van der Waals surface area contributed by atoms with Crippen LogP contribution in [0.25, 0.3) is 0 Å². The summed E-state index contributed by atoms with van der Waals surface area (Å²) in [5.41, 5.74) is 2.54. The third kappa shape index (κ3) is 3.85. The van der Waals surface area contributed by atoms with Crippen molar-refractivity contribution in [2.75, 3.05) is 13.1 Å². The highest BCUT2D eigenvalue weighted by molar-refractivity contribution is 5.79. The van der Waals surface area contributed by atoms with Crippen molar-refractivity contribution in [1.82, 2.24) is 10.6 Å². The summed E-state index contributed by atoms with van der Waals surface area (Å²) in [6.45, 7) is 10.4. The van der Waals surface area contributed by atoms with Crippen molar-refractivity contribution in [3.8, 4) is 0 Å². The van der Waals surface area contributed by atoms with E-state index >= 15 is 0 Å². The second kappa shape index (κ2) is 7.08. The summed E-state index contributed by atoms with van der Waals surface area (Å²) in [7, 11) is 0. The van der Waals surface area contributed by atoms with Gasteiger partial charge in [-0.3, -0.25) is 4.79 Å². The van der Waals surface area contributed by atoms with Crippen LogP contribution in [-0.4, -0.2) is 19.0 Å². The molecule has 0 spiro atoms. The Morgan fingerprint density at radius 3 is 2.29 bits per heavy atom. The Morgan fingerprint density at radius 1 is 1.24 bits per heavy atom. The molecule has 1 heterocycles. The molecule has 1 saturated heterocycles. The fourth-order valence-corrected chi connectivity index (χ4v) is 2.76. The molecule has 2 unspecified atom stereocenters. The Bertz CT molecular complexity index is 463. The first-order valence-corrected chi connectivity index (χ1v) is 8.12. The average Bonchev–Trinajstić information content (AvgIpc) is 2.42. The molecule has 2 atom stereocenters. The van der Waals surface area contributed by atoms with Gasteiger partial charge in [-0.25, -0.2) is 0 Å². The lowest BCUT2D eigenvalue weighted by atomic mass is 9.87. The zero-order valence-electron chi connectivity index (χ0n) is 13.6. The lowest BCUT2D eigenvalue weighted by molar-refractivity contribution is -0.127. The maximum Gasteiger partial charge on any atom is 0.223 e. The Kier molecular flexibility index (Phi) is 5.40. The van der Waals surface area contributed by atoms with Gasteiger partial charge in [0.25, 0.3) is 0 Å². The monoisotopic (exact) mass is 288 g/mol. The highest BCUT2D eigenvalue weighted by atomic mass is 16.1. The number of benzene rings is 1. The zero-order valence-corrected chi connectivity index (χ0v) is 13.6. The fourth-order valence-electron chi connectivity index (χ4n) is 2.76. The summed E-state index contributed by atoms with van der Waals surface area (Å²) >= 11 is 0. The van der Waals surface area contributed by atoms with Gasteiger partial charge in [-0.1, -0.05) is 52.0 Å². The number of hydrogen-bond donors (Lipinski definition) is 2. The molecule has 1 fully saturated rings. The smallest absolute Gasteiger partial charge is 0.223 e. The fraction of sp³-hybridized carbons (Fsp3) is 0.611. The van der Waals surface area contributed by atoms with Crippen LogP contribution in [0.2, 0.25) is 0 Å². The number of nitrogens with one attached hydrogen (secondary N) is 2. The summed E-state index contributed by atoms with van der Waals surface area (Å²) in [6.07, 6.45) is 1.05. The van der Waals surface area contributed by atoms with Crippen molar-refractivity contribution in [1.29, 1.82) is 0 Å². The largest absolute Gasteiger partial charge is 0.349 e. The quantitative estimate of drug-likeness (QED) is 0.845. The molecule has 0 radical (unpaired) electrons. The topological polar surface area (TPSA) is 41.1 Å². The minimum absolute atomic E-state index is 0.0856. The molecule has 2 rings (SSSR count). The first-order chi connectivity index (χ1) is 10.0. The van der Waals surface area contributed by atoms with Crippen LogP contribution in [0.3, 0.4) is 0 Å². The van der Waals surface area contributed by atoms with E-state index in [0.717, 1.165) is 19.5 Å². The highest BCUT2D eigenvalue weighted by Crippen LogP contribution is 2.24. The molecule has 1 aliphatic heterocycles. The third-order valence-electron chi connectivity index (χ3n) is 4.65. The predicted octanol–water partition coefficient (Wildman–Crippen LogP) is 2.92. The molecule has 116 valence electrons. The van der Waals surface area contributed by atoms with Crippen LogP contribution in [0.5, 0.6) is 0 Å². The summed E-state index contributed by atoms with van der Waals surface area (Å²) < 4.78 is 0. The van der Waals surface area contributed by atoms with Gasteiger partial charge in [-0.15, -0.1) is 0 Å². The van der Waals surface area contributed by atoms with E-state index in [2.05, 4.69) is 55.7 Å². The van der Waals surface area contributed by atoms with E-state index in [1.165, 1.54) is 11.1 Å². The van der Waals surface area contributed by atoms with E-state index in [1.807, 2.05) is 6.92 Å². The van der Waals surface area contributed by atoms with Gasteiger partial charge in [-0.2, -0.15) is 0 Å². The van der Waals surface area contributed by atoms with Crippen LogP contribution < -0.4 is 10.6 Å². The number of carbonyl (C=O) groups excluding carboxylic acids is 1. The lowest BCUT2D eigenvalue weighted by Crippen LogP contribution is -2.50. The molecule has 1 aliphatic rings. The Morgan fingerprint density at radius 2 is 1.86 bits per heavy atom. The van der Waals surface area contributed by atoms with Gasteiger partial charge >= 0.3 is 0 Å². The van der Waals surface area contributed by atoms with Crippen molar-refractivity contribution in [3.63, 3.8) is 0 Å². The molecule has 21 heavy (non-hydrogen) atoms. The van der Waals surface area contributed by atoms with Gasteiger partial charge in [0.1, 0.15) is 0 Å². The minimum Gasteiger partial charge on any atom is -0.349 e. The molecule has 3 nitrogen and oxygen atoms in total. The van der Waals surface area contributed by atoms with Gasteiger partial charge in [0, 0.05) is 5.92 Å². The standard InChI is InChI=1S/C18H28N2O/c1-5-14-6-8-15(9-7-14)17(12(2)3)20-18(21)13(4)16-10-19-11-16/h6-9,12-13,16-17,19H,5,10-11H2,1-4H3,(H,20,21). The van der Waals surface area contributed by atoms with Crippen molar-refractivity contribution in [2.45, 2.75) is 40.2 Å². The molecular weight excluding hydrogens is 260 g/mol. The number of aryl methyl sites for hydroxylation is 1. The molecule has 0 bridgehead atoms. The molecule has 1 aromatic rings. The molecule has 1 amide bonds. The molecular formula is C18H28N2O. The van der Waals surface area contributed by atoms with Gasteiger partial charge in [0.05, 0.1) is 6.04 Å². The third-order valence-corrected chi connectivity index (χ3v) is 4.65. The Balaban J connectivity index is 2.05. The van der Waals surface area contributed by atoms with Crippen LogP contribution in [0.15, 0.2) is 24.3 Å². The van der Waals surface area contributed by atoms with E-state index < -0.39 is 0 Å². The SMILES string of the molecule is CCc1ccc(C(NC(=O)C(C)C2CNC2)C(C)C)cc1. The maximum absolute atomic E-state index is 12.4. The number of hydrogen-bond acceptors (Lipinski definition) is 2. The van der Waals surface area contributed by atoms with E-state index in [4.69, 9.17) is 0 Å². The number of amides is 1. The molecule has 0 aliphatic carbocycles. The first-order valence-electron chi connectivity index (χ1n) is 8.12. The summed E-state index contributed by atoms with van der Waals surface area (Å²) in [5, 5.41) is 6.49. The van der Waals surface area contributed by atoms with Crippen molar-refractivity contribution in [2.24, 2.45) is 17.8 Å². The Hall–Kier alpha value is -1.35. The minimum atomic E-state index is 0.0856. The zero-order chi connectivity index (χ0) is 15.4. The van der Waals surface area contributed by atoms with Crippen molar-refractivity contribution < 1.29 is 4.79 Å². The maximum atomic E-state index is 12.4. The van der Waals surface area contributed by atoms with Gasteiger partial charge in [0.2, 0.25) is 5.91 Å². The highest BCUT2D eigenvalue weighted by Gasteiger charge is 2.30. The van der Waals surface area contributed by atoms with Gasteiger partial charge in [-0.05, 0) is 42.5 Å². The van der Waals surface area contributed by atoms with E-state index in [0.29, 0.717) is 11.8 Å². The van der Waals surface area contributed by atoms with Crippen molar-refractivity contribution >= 4 is 5.91 Å². The lowest BCUT2D eigenvalue weighted by Gasteiger charge is -2.33. The molecule has 0 aromatic heterocycles. The second-order valence-electron chi connectivity index (χ2n) is 6.53. The summed E-state index contributed by atoms with van der Waals surface area (Å²) in [6, 6.07) is 8.73. The van der Waals surface area contributed by atoms with E-state index in [9.17, 15) is 4.79 Å². The van der Waals surface area contributed by atoms with Crippen molar-refractivity contribution in [3.05, 3.63) is 35.4 Å². The molecule has 2 N–H and O–H groups in total. The normalized spacial score (nSPS) is 18.1. The average molecular weight is 288 g/mol. The Labute approximate surface area is 128 Å². The summed E-state index contributed by atoms with van der Waals surface area (Å²) in [4.78, 5) is 12.4.